The van der Waals surface area contributed by atoms with Crippen LogP contribution in [0, 0.1) is 0 Å². The van der Waals surface area contributed by atoms with Crippen LogP contribution in [-0.4, -0.2) is 31.6 Å². The summed E-state index contributed by atoms with van der Waals surface area (Å²) >= 11 is 0. The number of amides is 1. The molecule has 136 valence electrons. The molecule has 0 saturated carbocycles. The Kier molecular flexibility index (Phi) is 5.68. The van der Waals surface area contributed by atoms with Crippen LogP contribution in [0.3, 0.4) is 0 Å². The Morgan fingerprint density at radius 3 is 2.46 bits per heavy atom. The van der Waals surface area contributed by atoms with Crippen molar-refractivity contribution >= 4 is 17.6 Å². The zero-order chi connectivity index (χ0) is 18.5. The summed E-state index contributed by atoms with van der Waals surface area (Å²) < 4.78 is 4.97. The number of esters is 1. The highest BCUT2D eigenvalue weighted by molar-refractivity contribution is 5.91. The monoisotopic (exact) mass is 353 g/mol. The third-order valence-corrected chi connectivity index (χ3v) is 4.97. The van der Waals surface area contributed by atoms with Crippen LogP contribution in [0.2, 0.25) is 0 Å². The fourth-order valence-corrected chi connectivity index (χ4v) is 3.47. The van der Waals surface area contributed by atoms with Crippen LogP contribution in [0.1, 0.15) is 23.6 Å². The van der Waals surface area contributed by atoms with Crippen LogP contribution in [0.4, 0.5) is 5.69 Å². The van der Waals surface area contributed by atoms with Gasteiger partial charge in [0.05, 0.1) is 7.11 Å². The molecule has 1 aliphatic rings. The number of carbonyl (C=O) groups excluding carboxylic acids is 2. The van der Waals surface area contributed by atoms with Gasteiger partial charge in [-0.3, -0.25) is 4.79 Å². The summed E-state index contributed by atoms with van der Waals surface area (Å²) in [6.45, 7) is 2.96. The van der Waals surface area contributed by atoms with Gasteiger partial charge in [0, 0.05) is 17.7 Å². The van der Waals surface area contributed by atoms with E-state index in [1.165, 1.54) is 18.2 Å². The van der Waals surface area contributed by atoms with E-state index in [0.29, 0.717) is 13.0 Å². The number of fused-ring (bicyclic) bond motifs is 1. The minimum Gasteiger partial charge on any atom is -0.465 e. The van der Waals surface area contributed by atoms with Crippen molar-refractivity contribution in [1.29, 1.82) is 0 Å². The number of hydrogen-bond donors (Lipinski definition) is 2. The third-order valence-electron chi connectivity index (χ3n) is 4.97. The number of hydrogen-bond acceptors (Lipinski definition) is 3. The molecule has 5 heteroatoms. The van der Waals surface area contributed by atoms with E-state index < -0.39 is 0 Å². The standard InChI is InChI=1S/C21H24N2O3/c1-3-15-8-10-18(11-9-15)22-20(24)14-23-13-17-7-5-4-6-16(17)12-19(23)21(25)26-2/h4-11,19H,3,12-14H2,1-2H3,(H,22,24)/p+1/t19-/m0/s1. The molecule has 0 fully saturated rings. The summed E-state index contributed by atoms with van der Waals surface area (Å²) in [5.74, 6) is -0.368. The number of benzene rings is 2. The molecule has 0 aromatic heterocycles. The first-order valence-corrected chi connectivity index (χ1v) is 8.98. The van der Waals surface area contributed by atoms with Crippen molar-refractivity contribution in [2.75, 3.05) is 19.0 Å². The highest BCUT2D eigenvalue weighted by Gasteiger charge is 2.37. The van der Waals surface area contributed by atoms with Crippen molar-refractivity contribution < 1.29 is 19.2 Å². The van der Waals surface area contributed by atoms with Crippen molar-refractivity contribution in [1.82, 2.24) is 0 Å². The maximum absolute atomic E-state index is 12.5. The number of ether oxygens (including phenoxy) is 1. The molecule has 0 aliphatic carbocycles. The molecule has 3 rings (SSSR count). The van der Waals surface area contributed by atoms with Crippen molar-refractivity contribution in [3.05, 3.63) is 65.2 Å². The molecular formula is C21H25N2O3+. The first-order valence-electron chi connectivity index (χ1n) is 8.98. The second kappa shape index (κ2) is 8.15. The van der Waals surface area contributed by atoms with Gasteiger partial charge in [0.25, 0.3) is 5.91 Å². The lowest BCUT2D eigenvalue weighted by atomic mass is 9.94. The highest BCUT2D eigenvalue weighted by atomic mass is 16.5. The van der Waals surface area contributed by atoms with Crippen molar-refractivity contribution in [2.24, 2.45) is 0 Å². The quantitative estimate of drug-likeness (QED) is 0.798. The van der Waals surface area contributed by atoms with Gasteiger partial charge in [-0.15, -0.1) is 0 Å². The Balaban J connectivity index is 1.71. The summed E-state index contributed by atoms with van der Waals surface area (Å²) in [5.41, 5.74) is 4.34. The number of nitrogens with one attached hydrogen (secondary N) is 2. The van der Waals surface area contributed by atoms with E-state index in [9.17, 15) is 9.59 Å². The summed E-state index contributed by atoms with van der Waals surface area (Å²) in [6, 6.07) is 15.6. The van der Waals surface area contributed by atoms with E-state index in [4.69, 9.17) is 4.74 Å². The van der Waals surface area contributed by atoms with Crippen LogP contribution in [-0.2, 0) is 33.7 Å². The Morgan fingerprint density at radius 2 is 1.81 bits per heavy atom. The number of methoxy groups -OCH3 is 1. The summed E-state index contributed by atoms with van der Waals surface area (Å²) in [6.07, 6.45) is 1.56. The molecule has 1 amide bonds. The highest BCUT2D eigenvalue weighted by Crippen LogP contribution is 2.14. The zero-order valence-electron chi connectivity index (χ0n) is 15.2. The lowest BCUT2D eigenvalue weighted by molar-refractivity contribution is -0.924. The van der Waals surface area contributed by atoms with Crippen LogP contribution < -0.4 is 10.2 Å². The Bertz CT molecular complexity index is 786. The summed E-state index contributed by atoms with van der Waals surface area (Å²) in [4.78, 5) is 25.7. The second-order valence-electron chi connectivity index (χ2n) is 6.66. The maximum Gasteiger partial charge on any atom is 0.365 e. The molecule has 0 bridgehead atoms. The molecule has 2 aromatic rings. The van der Waals surface area contributed by atoms with E-state index >= 15 is 0 Å². The predicted octanol–water partition coefficient (Wildman–Crippen LogP) is 1.37. The van der Waals surface area contributed by atoms with Gasteiger partial charge in [-0.25, -0.2) is 4.79 Å². The van der Waals surface area contributed by atoms with Crippen LogP contribution in [0.15, 0.2) is 48.5 Å². The van der Waals surface area contributed by atoms with Crippen molar-refractivity contribution in [2.45, 2.75) is 32.4 Å². The SMILES string of the molecule is CCc1ccc(NC(=O)C[NH+]2Cc3ccccc3C[C@H]2C(=O)OC)cc1. The van der Waals surface area contributed by atoms with Crippen LogP contribution >= 0.6 is 0 Å². The average molecular weight is 353 g/mol. The minimum absolute atomic E-state index is 0.0995. The van der Waals surface area contributed by atoms with E-state index in [2.05, 4.69) is 18.3 Å². The van der Waals surface area contributed by atoms with Crippen LogP contribution in [0.5, 0.6) is 0 Å². The second-order valence-corrected chi connectivity index (χ2v) is 6.66. The first kappa shape index (κ1) is 18.1. The summed E-state index contributed by atoms with van der Waals surface area (Å²) in [5, 5.41) is 2.93. The fraction of sp³-hybridized carbons (Fsp3) is 0.333. The van der Waals surface area contributed by atoms with Gasteiger partial charge in [0.2, 0.25) is 0 Å². The smallest absolute Gasteiger partial charge is 0.365 e. The van der Waals surface area contributed by atoms with Gasteiger partial charge in [-0.1, -0.05) is 43.3 Å². The van der Waals surface area contributed by atoms with Crippen molar-refractivity contribution in [3.8, 4) is 0 Å². The van der Waals surface area contributed by atoms with E-state index in [1.54, 1.807) is 0 Å². The number of anilines is 1. The lowest BCUT2D eigenvalue weighted by Crippen LogP contribution is -3.17. The van der Waals surface area contributed by atoms with Gasteiger partial charge < -0.3 is 15.0 Å². The molecule has 2 aromatic carbocycles. The van der Waals surface area contributed by atoms with Crippen molar-refractivity contribution in [3.63, 3.8) is 0 Å². The van der Waals surface area contributed by atoms with E-state index in [1.807, 2.05) is 42.5 Å². The maximum atomic E-state index is 12.5. The first-order chi connectivity index (χ1) is 12.6. The molecule has 1 unspecified atom stereocenters. The number of quaternary nitrogens is 1. The van der Waals surface area contributed by atoms with Crippen LogP contribution in [0.25, 0.3) is 0 Å². The Morgan fingerprint density at radius 1 is 1.12 bits per heavy atom. The number of rotatable bonds is 5. The molecule has 2 N–H and O–H groups in total. The third kappa shape index (κ3) is 4.11. The largest absolute Gasteiger partial charge is 0.465 e. The topological polar surface area (TPSA) is 59.8 Å². The summed E-state index contributed by atoms with van der Waals surface area (Å²) in [7, 11) is 1.40. The van der Waals surface area contributed by atoms with E-state index in [0.717, 1.165) is 22.6 Å². The van der Waals surface area contributed by atoms with Gasteiger partial charge in [0.1, 0.15) is 6.54 Å². The molecular weight excluding hydrogens is 328 g/mol. The molecule has 5 nitrogen and oxygen atoms in total. The zero-order valence-corrected chi connectivity index (χ0v) is 15.2. The van der Waals surface area contributed by atoms with Gasteiger partial charge in [-0.05, 0) is 29.7 Å². The minimum atomic E-state index is -0.358. The van der Waals surface area contributed by atoms with Gasteiger partial charge in [0.15, 0.2) is 12.6 Å². The number of aryl methyl sites for hydroxylation is 1. The Hall–Kier alpha value is -2.66. The van der Waals surface area contributed by atoms with E-state index in [-0.39, 0.29) is 24.5 Å². The molecule has 2 atom stereocenters. The Labute approximate surface area is 154 Å². The molecule has 26 heavy (non-hydrogen) atoms. The fourth-order valence-electron chi connectivity index (χ4n) is 3.47. The molecule has 0 radical (unpaired) electrons. The lowest BCUT2D eigenvalue weighted by Gasteiger charge is -2.31. The normalized spacial score (nSPS) is 18.7. The van der Waals surface area contributed by atoms with Gasteiger partial charge in [-0.2, -0.15) is 0 Å². The molecule has 0 spiro atoms. The molecule has 1 heterocycles. The molecule has 1 aliphatic heterocycles. The number of carbonyl (C=O) groups is 2. The predicted molar refractivity (Wildman–Crippen MR) is 99.9 cm³/mol. The van der Waals surface area contributed by atoms with Gasteiger partial charge >= 0.3 is 5.97 Å². The molecule has 0 saturated heterocycles. The average Bonchev–Trinajstić information content (AvgIpc) is 2.67.